The van der Waals surface area contributed by atoms with Gasteiger partial charge in [0.15, 0.2) is 0 Å². The van der Waals surface area contributed by atoms with Gasteiger partial charge in [-0.3, -0.25) is 4.79 Å². The largest absolute Gasteiger partial charge is 0.416 e. The smallest absolute Gasteiger partial charge is 0.342 e. The number of carbonyl (C=O) groups is 1. The maximum absolute atomic E-state index is 12.8. The van der Waals surface area contributed by atoms with E-state index in [1.54, 1.807) is 4.90 Å². The zero-order valence-corrected chi connectivity index (χ0v) is 10.7. The average molecular weight is 271 g/mol. The maximum atomic E-state index is 12.8. The topological polar surface area (TPSA) is 20.3 Å². The number of rotatable bonds is 2. The number of halogens is 3. The van der Waals surface area contributed by atoms with Crippen LogP contribution in [0.2, 0.25) is 0 Å². The summed E-state index contributed by atoms with van der Waals surface area (Å²) in [5, 5.41) is 0. The molecule has 0 spiro atoms. The fraction of sp³-hybridized carbons (Fsp3) is 0.500. The number of nitrogens with zero attached hydrogens (tertiary/aromatic N) is 1. The van der Waals surface area contributed by atoms with Crippen molar-refractivity contribution in [1.82, 2.24) is 4.90 Å². The number of hydrogen-bond acceptors (Lipinski definition) is 1. The zero-order chi connectivity index (χ0) is 14.0. The summed E-state index contributed by atoms with van der Waals surface area (Å²) in [7, 11) is 0. The molecule has 2 rings (SSSR count). The van der Waals surface area contributed by atoms with E-state index in [1.165, 1.54) is 18.2 Å². The van der Waals surface area contributed by atoms with Crippen LogP contribution in [0.15, 0.2) is 24.3 Å². The summed E-state index contributed by atoms with van der Waals surface area (Å²) in [6.07, 6.45) is -3.66. The van der Waals surface area contributed by atoms with Crippen LogP contribution < -0.4 is 0 Å². The molecule has 0 bridgehead atoms. The number of benzene rings is 1. The molecule has 0 radical (unpaired) electrons. The highest BCUT2D eigenvalue weighted by molar-refractivity contribution is 5.79. The summed E-state index contributed by atoms with van der Waals surface area (Å²) in [6, 6.07) is 5.27. The molecule has 1 atom stereocenters. The molecule has 1 fully saturated rings. The van der Waals surface area contributed by atoms with E-state index < -0.39 is 11.7 Å². The van der Waals surface area contributed by atoms with E-state index in [-0.39, 0.29) is 17.9 Å². The normalized spacial score (nSPS) is 19.8. The van der Waals surface area contributed by atoms with Crippen LogP contribution >= 0.6 is 0 Å². The summed E-state index contributed by atoms with van der Waals surface area (Å²) in [5.41, 5.74) is -0.657. The summed E-state index contributed by atoms with van der Waals surface area (Å²) in [6.45, 7) is 3.33. The third-order valence-corrected chi connectivity index (χ3v) is 3.44. The lowest BCUT2D eigenvalue weighted by molar-refractivity contribution is -0.138. The lowest BCUT2D eigenvalue weighted by Crippen LogP contribution is -2.30. The summed E-state index contributed by atoms with van der Waals surface area (Å²) >= 11 is 0. The van der Waals surface area contributed by atoms with Crippen LogP contribution in [0.5, 0.6) is 0 Å². The second-order valence-corrected chi connectivity index (χ2v) is 5.07. The molecule has 1 amide bonds. The highest BCUT2D eigenvalue weighted by atomic mass is 19.4. The average Bonchev–Trinajstić information content (AvgIpc) is 2.75. The van der Waals surface area contributed by atoms with E-state index in [4.69, 9.17) is 0 Å². The van der Waals surface area contributed by atoms with E-state index in [9.17, 15) is 18.0 Å². The molecule has 1 unspecified atom stereocenters. The number of alkyl halides is 3. The Labute approximate surface area is 110 Å². The van der Waals surface area contributed by atoms with Gasteiger partial charge in [0.1, 0.15) is 0 Å². The Morgan fingerprint density at radius 2 is 2.05 bits per heavy atom. The zero-order valence-electron chi connectivity index (χ0n) is 10.7. The van der Waals surface area contributed by atoms with Crippen molar-refractivity contribution in [3.63, 3.8) is 0 Å². The molecule has 0 saturated carbocycles. The second kappa shape index (κ2) is 5.23. The molecule has 2 nitrogen and oxygen atoms in total. The first-order valence-corrected chi connectivity index (χ1v) is 6.31. The van der Waals surface area contributed by atoms with Crippen molar-refractivity contribution < 1.29 is 18.0 Å². The lowest BCUT2D eigenvalue weighted by atomic mass is 10.0. The van der Waals surface area contributed by atoms with Crippen molar-refractivity contribution in [2.75, 3.05) is 13.1 Å². The van der Waals surface area contributed by atoms with Gasteiger partial charge in [-0.15, -0.1) is 0 Å². The monoisotopic (exact) mass is 271 g/mol. The van der Waals surface area contributed by atoms with Gasteiger partial charge in [0.05, 0.1) is 12.0 Å². The van der Waals surface area contributed by atoms with Crippen LogP contribution in [0.25, 0.3) is 0 Å². The Kier molecular flexibility index (Phi) is 3.83. The van der Waals surface area contributed by atoms with Gasteiger partial charge >= 0.3 is 6.18 Å². The molecular formula is C14H16F3NO. The van der Waals surface area contributed by atoms with Crippen molar-refractivity contribution in [2.45, 2.75) is 25.9 Å². The molecule has 0 N–H and O–H groups in total. The third-order valence-electron chi connectivity index (χ3n) is 3.44. The first kappa shape index (κ1) is 13.9. The Morgan fingerprint density at radius 1 is 1.37 bits per heavy atom. The molecule has 1 heterocycles. The Morgan fingerprint density at radius 3 is 2.63 bits per heavy atom. The Hall–Kier alpha value is -1.52. The van der Waals surface area contributed by atoms with Gasteiger partial charge in [-0.2, -0.15) is 13.2 Å². The molecule has 104 valence electrons. The highest BCUT2D eigenvalue weighted by Gasteiger charge is 2.34. The molecule has 19 heavy (non-hydrogen) atoms. The van der Waals surface area contributed by atoms with Crippen LogP contribution in [-0.4, -0.2) is 23.9 Å². The second-order valence-electron chi connectivity index (χ2n) is 5.07. The van der Waals surface area contributed by atoms with Crippen LogP contribution in [-0.2, 0) is 17.4 Å². The fourth-order valence-electron chi connectivity index (χ4n) is 2.39. The van der Waals surface area contributed by atoms with Crippen LogP contribution in [0.3, 0.4) is 0 Å². The minimum absolute atomic E-state index is 0.0551. The standard InChI is InChI=1S/C14H16F3NO/c1-10-6-7-18(9-10)13(19)8-11-4-2-3-5-12(11)14(15,16)17/h2-5,10H,6-9H2,1H3. The molecule has 1 aromatic rings. The highest BCUT2D eigenvalue weighted by Crippen LogP contribution is 2.32. The predicted octanol–water partition coefficient (Wildman–Crippen LogP) is 3.12. The number of carbonyl (C=O) groups excluding carboxylic acids is 1. The maximum Gasteiger partial charge on any atom is 0.416 e. The first-order valence-electron chi connectivity index (χ1n) is 6.31. The first-order chi connectivity index (χ1) is 8.88. The van der Waals surface area contributed by atoms with E-state index >= 15 is 0 Å². The quantitative estimate of drug-likeness (QED) is 0.809. The molecule has 1 aliphatic heterocycles. The lowest BCUT2D eigenvalue weighted by Gasteiger charge is -2.18. The summed E-state index contributed by atoms with van der Waals surface area (Å²) in [4.78, 5) is 13.6. The van der Waals surface area contributed by atoms with Crippen molar-refractivity contribution in [3.05, 3.63) is 35.4 Å². The minimum atomic E-state index is -4.41. The molecular weight excluding hydrogens is 255 g/mol. The van der Waals surface area contributed by atoms with E-state index in [0.717, 1.165) is 12.5 Å². The van der Waals surface area contributed by atoms with Gasteiger partial charge in [0.2, 0.25) is 5.91 Å². The van der Waals surface area contributed by atoms with E-state index in [2.05, 4.69) is 0 Å². The predicted molar refractivity (Wildman–Crippen MR) is 65.5 cm³/mol. The molecule has 5 heteroatoms. The van der Waals surface area contributed by atoms with Gasteiger partial charge in [-0.1, -0.05) is 25.1 Å². The van der Waals surface area contributed by atoms with E-state index in [1.807, 2.05) is 6.92 Å². The van der Waals surface area contributed by atoms with Crippen molar-refractivity contribution in [3.8, 4) is 0 Å². The number of hydrogen-bond donors (Lipinski definition) is 0. The van der Waals surface area contributed by atoms with Gasteiger partial charge in [-0.25, -0.2) is 0 Å². The minimum Gasteiger partial charge on any atom is -0.342 e. The summed E-state index contributed by atoms with van der Waals surface area (Å²) in [5.74, 6) is 0.211. The van der Waals surface area contributed by atoms with Crippen LogP contribution in [0, 0.1) is 5.92 Å². The molecule has 0 aliphatic carbocycles. The molecule has 1 aliphatic rings. The van der Waals surface area contributed by atoms with Crippen LogP contribution in [0.4, 0.5) is 13.2 Å². The van der Waals surface area contributed by atoms with Gasteiger partial charge in [0.25, 0.3) is 0 Å². The fourth-order valence-corrected chi connectivity index (χ4v) is 2.39. The van der Waals surface area contributed by atoms with Crippen LogP contribution in [0.1, 0.15) is 24.5 Å². The molecule has 1 saturated heterocycles. The number of amides is 1. The van der Waals surface area contributed by atoms with Crippen molar-refractivity contribution in [1.29, 1.82) is 0 Å². The Bertz CT molecular complexity index is 470. The van der Waals surface area contributed by atoms with E-state index in [0.29, 0.717) is 19.0 Å². The summed E-state index contributed by atoms with van der Waals surface area (Å²) < 4.78 is 38.4. The third kappa shape index (κ3) is 3.28. The van der Waals surface area contributed by atoms with Gasteiger partial charge in [0, 0.05) is 13.1 Å². The van der Waals surface area contributed by atoms with Crippen molar-refractivity contribution >= 4 is 5.91 Å². The Balaban J connectivity index is 2.13. The van der Waals surface area contributed by atoms with Gasteiger partial charge in [-0.05, 0) is 24.0 Å². The number of likely N-dealkylation sites (tertiary alicyclic amines) is 1. The molecule has 0 aromatic heterocycles. The SMILES string of the molecule is CC1CCN(C(=O)Cc2ccccc2C(F)(F)F)C1. The van der Waals surface area contributed by atoms with Gasteiger partial charge < -0.3 is 4.90 Å². The molecule has 1 aromatic carbocycles. The van der Waals surface area contributed by atoms with Crippen molar-refractivity contribution in [2.24, 2.45) is 5.92 Å².